The quantitative estimate of drug-likeness (QED) is 0.515. The van der Waals surface area contributed by atoms with E-state index in [2.05, 4.69) is 5.32 Å². The van der Waals surface area contributed by atoms with Crippen LogP contribution in [0.1, 0.15) is 13.8 Å². The fourth-order valence-electron chi connectivity index (χ4n) is 1.22. The summed E-state index contributed by atoms with van der Waals surface area (Å²) in [5.74, 6) is 0.0243. The van der Waals surface area contributed by atoms with Crippen molar-refractivity contribution in [3.63, 3.8) is 0 Å². The number of hydrogen-bond acceptors (Lipinski definition) is 2. The minimum Gasteiger partial charge on any atom is -0.324 e. The molecule has 0 saturated carbocycles. The smallest absolute Gasteiger partial charge is 0.128 e. The van der Waals surface area contributed by atoms with E-state index in [1.165, 1.54) is 0 Å². The molecule has 3 N–H and O–H groups in total. The van der Waals surface area contributed by atoms with Crippen molar-refractivity contribution in [2.45, 2.75) is 25.6 Å². The Hall–Kier alpha value is -0.150. The van der Waals surface area contributed by atoms with Gasteiger partial charge in [-0.1, -0.05) is 6.92 Å². The highest BCUT2D eigenvalue weighted by Crippen LogP contribution is 2.26. The molecular formula is C7H15FN2. The van der Waals surface area contributed by atoms with Crippen LogP contribution >= 0.6 is 0 Å². The molecule has 0 aliphatic carbocycles. The number of halogens is 1. The van der Waals surface area contributed by atoms with Crippen LogP contribution in [-0.4, -0.2) is 24.8 Å². The molecule has 0 aromatic carbocycles. The second-order valence-electron chi connectivity index (χ2n) is 3.32. The van der Waals surface area contributed by atoms with E-state index < -0.39 is 5.67 Å². The Morgan fingerprint density at radius 2 is 2.20 bits per heavy atom. The van der Waals surface area contributed by atoms with Gasteiger partial charge in [0.25, 0.3) is 0 Å². The maximum absolute atomic E-state index is 13.5. The average Bonchev–Trinajstić information content (AvgIpc) is 1.84. The summed E-state index contributed by atoms with van der Waals surface area (Å²) in [5, 5.41) is 3.07. The summed E-state index contributed by atoms with van der Waals surface area (Å²) in [4.78, 5) is 0. The van der Waals surface area contributed by atoms with Gasteiger partial charge in [0.2, 0.25) is 0 Å². The van der Waals surface area contributed by atoms with Crippen molar-refractivity contribution in [2.75, 3.05) is 13.1 Å². The van der Waals surface area contributed by atoms with Crippen molar-refractivity contribution in [3.05, 3.63) is 0 Å². The fourth-order valence-corrected chi connectivity index (χ4v) is 1.22. The van der Waals surface area contributed by atoms with Gasteiger partial charge in [-0.15, -0.1) is 0 Å². The third-order valence-corrected chi connectivity index (χ3v) is 2.50. The molecule has 1 heterocycles. The first-order valence-electron chi connectivity index (χ1n) is 3.70. The monoisotopic (exact) mass is 146 g/mol. The topological polar surface area (TPSA) is 38.0 Å². The summed E-state index contributed by atoms with van der Waals surface area (Å²) < 4.78 is 13.5. The van der Waals surface area contributed by atoms with E-state index >= 15 is 0 Å². The van der Waals surface area contributed by atoms with Crippen molar-refractivity contribution in [2.24, 2.45) is 11.7 Å². The lowest BCUT2D eigenvalue weighted by molar-refractivity contribution is 0.0561. The predicted molar refractivity (Wildman–Crippen MR) is 39.5 cm³/mol. The number of nitrogens with two attached hydrogens (primary N) is 1. The molecule has 0 aromatic rings. The van der Waals surface area contributed by atoms with E-state index in [-0.39, 0.29) is 12.0 Å². The maximum Gasteiger partial charge on any atom is 0.128 e. The highest BCUT2D eigenvalue weighted by atomic mass is 19.1. The van der Waals surface area contributed by atoms with Crippen LogP contribution < -0.4 is 11.1 Å². The molecule has 1 fully saturated rings. The first-order valence-corrected chi connectivity index (χ1v) is 3.70. The Morgan fingerprint density at radius 3 is 2.60 bits per heavy atom. The zero-order valence-electron chi connectivity index (χ0n) is 6.52. The van der Waals surface area contributed by atoms with Crippen molar-refractivity contribution >= 4 is 0 Å². The Bertz CT molecular complexity index is 113. The molecule has 1 rings (SSSR count). The molecule has 0 radical (unpaired) electrons. The molecular weight excluding hydrogens is 131 g/mol. The van der Waals surface area contributed by atoms with E-state index in [1.54, 1.807) is 6.92 Å². The minimum atomic E-state index is -1.19. The van der Waals surface area contributed by atoms with Gasteiger partial charge in [0, 0.05) is 19.0 Å². The molecule has 60 valence electrons. The van der Waals surface area contributed by atoms with Crippen LogP contribution in [-0.2, 0) is 0 Å². The predicted octanol–water partition coefficient (Wildman–Crippen LogP) is 0.281. The third kappa shape index (κ3) is 1.16. The summed E-state index contributed by atoms with van der Waals surface area (Å²) in [5.41, 5.74) is 4.38. The average molecular weight is 146 g/mol. The Balaban J connectivity index is 2.63. The summed E-state index contributed by atoms with van der Waals surface area (Å²) in [6.45, 7) is 4.80. The van der Waals surface area contributed by atoms with Gasteiger partial charge in [-0.2, -0.15) is 0 Å². The van der Waals surface area contributed by atoms with Crippen LogP contribution in [0.4, 0.5) is 4.39 Å². The van der Waals surface area contributed by atoms with Gasteiger partial charge < -0.3 is 11.1 Å². The van der Waals surface area contributed by atoms with Crippen molar-refractivity contribution in [3.8, 4) is 0 Å². The van der Waals surface area contributed by atoms with E-state index in [9.17, 15) is 4.39 Å². The summed E-state index contributed by atoms with van der Waals surface area (Å²) in [6.07, 6.45) is 0. The number of rotatable bonds is 0. The standard InChI is InChI=1S/C7H15FN2/c1-5-3-10-4-6(9)7(5,2)8/h5-6,10H,3-4,9H2,1-2H3. The lowest BCUT2D eigenvalue weighted by atomic mass is 9.83. The Morgan fingerprint density at radius 1 is 1.60 bits per heavy atom. The molecule has 3 unspecified atom stereocenters. The molecule has 1 saturated heterocycles. The zero-order valence-corrected chi connectivity index (χ0v) is 6.52. The van der Waals surface area contributed by atoms with Crippen molar-refractivity contribution < 1.29 is 4.39 Å². The van der Waals surface area contributed by atoms with Gasteiger partial charge in [-0.25, -0.2) is 4.39 Å². The third-order valence-electron chi connectivity index (χ3n) is 2.50. The summed E-state index contributed by atoms with van der Waals surface area (Å²) in [6, 6.07) is -0.351. The summed E-state index contributed by atoms with van der Waals surface area (Å²) >= 11 is 0. The minimum absolute atomic E-state index is 0.0243. The normalized spacial score (nSPS) is 49.2. The van der Waals surface area contributed by atoms with Crippen LogP contribution in [0.2, 0.25) is 0 Å². The molecule has 1 aliphatic heterocycles. The number of alkyl halides is 1. The van der Waals surface area contributed by atoms with Gasteiger partial charge in [0.1, 0.15) is 5.67 Å². The van der Waals surface area contributed by atoms with Crippen LogP contribution in [0.15, 0.2) is 0 Å². The van der Waals surface area contributed by atoms with E-state index in [0.717, 1.165) is 6.54 Å². The van der Waals surface area contributed by atoms with Crippen molar-refractivity contribution in [1.29, 1.82) is 0 Å². The van der Waals surface area contributed by atoms with Gasteiger partial charge in [-0.3, -0.25) is 0 Å². The highest BCUT2D eigenvalue weighted by molar-refractivity contribution is 4.96. The van der Waals surface area contributed by atoms with E-state index in [1.807, 2.05) is 6.92 Å². The van der Waals surface area contributed by atoms with E-state index in [0.29, 0.717) is 6.54 Å². The summed E-state index contributed by atoms with van der Waals surface area (Å²) in [7, 11) is 0. The molecule has 0 aromatic heterocycles. The second kappa shape index (κ2) is 2.47. The first kappa shape index (κ1) is 7.95. The fraction of sp³-hybridized carbons (Fsp3) is 1.00. The van der Waals surface area contributed by atoms with Crippen LogP contribution in [0.25, 0.3) is 0 Å². The Labute approximate surface area is 61.0 Å². The van der Waals surface area contributed by atoms with Crippen molar-refractivity contribution in [1.82, 2.24) is 5.32 Å². The van der Waals surface area contributed by atoms with Gasteiger partial charge in [-0.05, 0) is 6.92 Å². The first-order chi connectivity index (χ1) is 4.55. The van der Waals surface area contributed by atoms with Gasteiger partial charge in [0.05, 0.1) is 6.04 Å². The molecule has 0 spiro atoms. The van der Waals surface area contributed by atoms with Crippen LogP contribution in [0.5, 0.6) is 0 Å². The van der Waals surface area contributed by atoms with Crippen LogP contribution in [0.3, 0.4) is 0 Å². The number of nitrogens with one attached hydrogen (secondary N) is 1. The van der Waals surface area contributed by atoms with E-state index in [4.69, 9.17) is 5.73 Å². The number of hydrogen-bond donors (Lipinski definition) is 2. The van der Waals surface area contributed by atoms with Crippen LogP contribution in [0, 0.1) is 5.92 Å². The SMILES string of the molecule is CC1CNCC(N)C1(C)F. The molecule has 0 bridgehead atoms. The van der Waals surface area contributed by atoms with Gasteiger partial charge in [0.15, 0.2) is 0 Å². The molecule has 1 aliphatic rings. The molecule has 3 heteroatoms. The molecule has 3 atom stereocenters. The molecule has 2 nitrogen and oxygen atoms in total. The maximum atomic E-state index is 13.5. The Kier molecular flexibility index (Phi) is 1.97. The lowest BCUT2D eigenvalue weighted by Crippen LogP contribution is -2.59. The zero-order chi connectivity index (χ0) is 7.78. The highest BCUT2D eigenvalue weighted by Gasteiger charge is 2.39. The lowest BCUT2D eigenvalue weighted by Gasteiger charge is -2.38. The van der Waals surface area contributed by atoms with Gasteiger partial charge >= 0.3 is 0 Å². The largest absolute Gasteiger partial charge is 0.324 e. The molecule has 10 heavy (non-hydrogen) atoms. The molecule has 0 amide bonds. The second-order valence-corrected chi connectivity index (χ2v) is 3.32. The number of piperidine rings is 1.